The van der Waals surface area contributed by atoms with Gasteiger partial charge in [0.05, 0.1) is 17.9 Å². The van der Waals surface area contributed by atoms with E-state index in [0.29, 0.717) is 11.3 Å². The van der Waals surface area contributed by atoms with E-state index in [9.17, 15) is 0 Å². The van der Waals surface area contributed by atoms with Gasteiger partial charge in [-0.15, -0.1) is 0 Å². The molecule has 0 radical (unpaired) electrons. The van der Waals surface area contributed by atoms with Crippen molar-refractivity contribution in [2.24, 2.45) is 0 Å². The first-order valence-electron chi connectivity index (χ1n) is 4.29. The Hall–Kier alpha value is -1.49. The van der Waals surface area contributed by atoms with Gasteiger partial charge >= 0.3 is 0 Å². The predicted octanol–water partition coefficient (Wildman–Crippen LogP) is 1.69. The van der Waals surface area contributed by atoms with Crippen LogP contribution in [0.25, 0.3) is 0 Å². The molecule has 2 aromatic rings. The van der Waals surface area contributed by atoms with Crippen LogP contribution in [0.15, 0.2) is 24.5 Å². The highest BCUT2D eigenvalue weighted by Crippen LogP contribution is 1.99. The highest BCUT2D eigenvalue weighted by molar-refractivity contribution is 7.71. The molecule has 0 amide bonds. The van der Waals surface area contributed by atoms with E-state index < -0.39 is 0 Å². The highest BCUT2D eigenvalue weighted by atomic mass is 32.1. The van der Waals surface area contributed by atoms with Crippen LogP contribution in [0.3, 0.4) is 0 Å². The van der Waals surface area contributed by atoms with E-state index >= 15 is 0 Å². The minimum absolute atomic E-state index is 0.662. The fourth-order valence-electron chi connectivity index (χ4n) is 1.16. The summed E-state index contributed by atoms with van der Waals surface area (Å²) in [6, 6.07) is 3.90. The van der Waals surface area contributed by atoms with Crippen LogP contribution in [0, 0.1) is 11.7 Å². The van der Waals surface area contributed by atoms with E-state index in [-0.39, 0.29) is 0 Å². The Morgan fingerprint density at radius 2 is 2.29 bits per heavy atom. The monoisotopic (exact) mass is 206 g/mol. The molecule has 4 nitrogen and oxygen atoms in total. The van der Waals surface area contributed by atoms with Crippen molar-refractivity contribution < 1.29 is 0 Å². The molecule has 0 fully saturated rings. The third kappa shape index (κ3) is 1.88. The van der Waals surface area contributed by atoms with Crippen LogP contribution < -0.4 is 0 Å². The Morgan fingerprint density at radius 3 is 2.86 bits per heavy atom. The van der Waals surface area contributed by atoms with Gasteiger partial charge in [0.15, 0.2) is 4.77 Å². The molecule has 0 spiro atoms. The van der Waals surface area contributed by atoms with Gasteiger partial charge in [0.1, 0.15) is 0 Å². The second kappa shape index (κ2) is 3.71. The van der Waals surface area contributed by atoms with Gasteiger partial charge in [-0.2, -0.15) is 10.2 Å². The Labute approximate surface area is 86.6 Å². The lowest BCUT2D eigenvalue weighted by Gasteiger charge is -2.00. The first-order chi connectivity index (χ1) is 6.75. The van der Waals surface area contributed by atoms with Gasteiger partial charge < -0.3 is 9.55 Å². The molecule has 0 bridgehead atoms. The summed E-state index contributed by atoms with van der Waals surface area (Å²) in [7, 11) is 0. The standard InChI is InChI=1S/C9H10N4S/c1-7-2-3-8(12-11-7)6-13-5-4-10-9(13)14/h2-5H,6H2,1H3,(H,10,14). The van der Waals surface area contributed by atoms with Gasteiger partial charge in [0.25, 0.3) is 0 Å². The van der Waals surface area contributed by atoms with Crippen molar-refractivity contribution in [1.82, 2.24) is 19.7 Å². The summed E-state index contributed by atoms with van der Waals surface area (Å²) in [5.74, 6) is 0. The molecule has 0 saturated heterocycles. The fraction of sp³-hybridized carbons (Fsp3) is 0.222. The van der Waals surface area contributed by atoms with E-state index in [0.717, 1.165) is 11.4 Å². The number of aromatic nitrogens is 4. The highest BCUT2D eigenvalue weighted by Gasteiger charge is 1.97. The molecule has 0 aliphatic carbocycles. The molecule has 0 saturated carbocycles. The van der Waals surface area contributed by atoms with Crippen LogP contribution in [0.1, 0.15) is 11.4 Å². The molecule has 2 rings (SSSR count). The quantitative estimate of drug-likeness (QED) is 0.761. The van der Waals surface area contributed by atoms with Gasteiger partial charge in [-0.25, -0.2) is 0 Å². The van der Waals surface area contributed by atoms with Crippen LogP contribution in [-0.2, 0) is 6.54 Å². The molecular formula is C9H10N4S. The number of rotatable bonds is 2. The number of imidazole rings is 1. The van der Waals surface area contributed by atoms with Crippen molar-refractivity contribution in [3.63, 3.8) is 0 Å². The zero-order valence-electron chi connectivity index (χ0n) is 7.77. The lowest BCUT2D eigenvalue weighted by molar-refractivity contribution is 0.738. The summed E-state index contributed by atoms with van der Waals surface area (Å²) in [5.41, 5.74) is 1.83. The van der Waals surface area contributed by atoms with E-state index in [1.807, 2.05) is 36.0 Å². The summed E-state index contributed by atoms with van der Waals surface area (Å²) in [6.07, 6.45) is 3.70. The third-order valence-corrected chi connectivity index (χ3v) is 2.26. The number of nitrogens with zero attached hydrogens (tertiary/aromatic N) is 3. The first-order valence-corrected chi connectivity index (χ1v) is 4.69. The molecule has 2 heterocycles. The molecular weight excluding hydrogens is 196 g/mol. The van der Waals surface area contributed by atoms with Gasteiger partial charge in [-0.1, -0.05) is 0 Å². The molecule has 2 aromatic heterocycles. The fourth-order valence-corrected chi connectivity index (χ4v) is 1.35. The van der Waals surface area contributed by atoms with Crippen LogP contribution >= 0.6 is 12.2 Å². The maximum Gasteiger partial charge on any atom is 0.177 e. The largest absolute Gasteiger partial charge is 0.337 e. The van der Waals surface area contributed by atoms with Gasteiger partial charge in [0, 0.05) is 12.4 Å². The number of aryl methyl sites for hydroxylation is 1. The second-order valence-corrected chi connectivity index (χ2v) is 3.45. The van der Waals surface area contributed by atoms with Crippen molar-refractivity contribution in [2.75, 3.05) is 0 Å². The molecule has 0 unspecified atom stereocenters. The van der Waals surface area contributed by atoms with Crippen molar-refractivity contribution in [2.45, 2.75) is 13.5 Å². The molecule has 0 aliphatic heterocycles. The summed E-state index contributed by atoms with van der Waals surface area (Å²) in [5, 5.41) is 8.05. The van der Waals surface area contributed by atoms with Crippen LogP contribution in [0.4, 0.5) is 0 Å². The van der Waals surface area contributed by atoms with E-state index in [4.69, 9.17) is 12.2 Å². The van der Waals surface area contributed by atoms with Crippen molar-refractivity contribution >= 4 is 12.2 Å². The minimum atomic E-state index is 0.662. The summed E-state index contributed by atoms with van der Waals surface area (Å²) < 4.78 is 2.61. The molecule has 0 atom stereocenters. The Kier molecular flexibility index (Phi) is 2.41. The summed E-state index contributed by atoms with van der Waals surface area (Å²) >= 11 is 5.07. The summed E-state index contributed by atoms with van der Waals surface area (Å²) in [6.45, 7) is 2.58. The smallest absolute Gasteiger partial charge is 0.177 e. The molecule has 0 aliphatic rings. The average molecular weight is 206 g/mol. The predicted molar refractivity (Wildman–Crippen MR) is 55.5 cm³/mol. The number of nitrogens with one attached hydrogen (secondary N) is 1. The maximum absolute atomic E-state index is 5.07. The van der Waals surface area contributed by atoms with Crippen LogP contribution in [-0.4, -0.2) is 19.7 Å². The van der Waals surface area contributed by atoms with Crippen molar-refractivity contribution in [1.29, 1.82) is 0 Å². The Bertz CT molecular complexity index is 468. The van der Waals surface area contributed by atoms with Crippen LogP contribution in [0.5, 0.6) is 0 Å². The zero-order valence-corrected chi connectivity index (χ0v) is 8.58. The van der Waals surface area contributed by atoms with Gasteiger partial charge in [-0.05, 0) is 31.3 Å². The third-order valence-electron chi connectivity index (χ3n) is 1.91. The van der Waals surface area contributed by atoms with Gasteiger partial charge in [0.2, 0.25) is 0 Å². The number of hydrogen-bond donors (Lipinski definition) is 1. The molecule has 1 N–H and O–H groups in total. The van der Waals surface area contributed by atoms with E-state index in [1.165, 1.54) is 0 Å². The molecule has 5 heteroatoms. The van der Waals surface area contributed by atoms with Crippen molar-refractivity contribution in [3.05, 3.63) is 40.7 Å². The Morgan fingerprint density at radius 1 is 1.43 bits per heavy atom. The zero-order chi connectivity index (χ0) is 9.97. The van der Waals surface area contributed by atoms with Gasteiger partial charge in [-0.3, -0.25) is 0 Å². The molecule has 72 valence electrons. The number of hydrogen-bond acceptors (Lipinski definition) is 3. The average Bonchev–Trinajstić information content (AvgIpc) is 2.56. The minimum Gasteiger partial charge on any atom is -0.337 e. The van der Waals surface area contributed by atoms with Crippen molar-refractivity contribution in [3.8, 4) is 0 Å². The molecule has 14 heavy (non-hydrogen) atoms. The maximum atomic E-state index is 5.07. The number of aromatic amines is 1. The SMILES string of the molecule is Cc1ccc(Cn2cc[nH]c2=S)nn1. The lowest BCUT2D eigenvalue weighted by atomic mass is 10.3. The normalized spacial score (nSPS) is 10.4. The first kappa shape index (κ1) is 9.08. The van der Waals surface area contributed by atoms with E-state index in [2.05, 4.69) is 15.2 Å². The lowest BCUT2D eigenvalue weighted by Crippen LogP contribution is -2.02. The number of H-pyrrole nitrogens is 1. The second-order valence-electron chi connectivity index (χ2n) is 3.06. The Balaban J connectivity index is 2.23. The topological polar surface area (TPSA) is 46.5 Å². The molecule has 0 aromatic carbocycles. The van der Waals surface area contributed by atoms with Crippen LogP contribution in [0.2, 0.25) is 0 Å². The summed E-state index contributed by atoms with van der Waals surface area (Å²) in [4.78, 5) is 2.93. The van der Waals surface area contributed by atoms with E-state index in [1.54, 1.807) is 0 Å².